The number of nitrogens with one attached hydrogen (secondary N) is 2. The van der Waals surface area contributed by atoms with Gasteiger partial charge in [0.25, 0.3) is 0 Å². The van der Waals surface area contributed by atoms with E-state index in [1.165, 1.54) is 0 Å². The minimum atomic E-state index is 0.270. The Kier molecular flexibility index (Phi) is 6.11. The molecule has 0 aliphatic carbocycles. The van der Waals surface area contributed by atoms with Crippen molar-refractivity contribution in [2.75, 3.05) is 13.6 Å². The SMILES string of the molecule is CN/C(C)=C\C(C)=C(/C=O)CNC=O. The molecule has 0 atom stereocenters. The van der Waals surface area contributed by atoms with E-state index in [2.05, 4.69) is 10.6 Å². The van der Waals surface area contributed by atoms with Crippen molar-refractivity contribution in [1.29, 1.82) is 0 Å². The summed E-state index contributed by atoms with van der Waals surface area (Å²) >= 11 is 0. The van der Waals surface area contributed by atoms with Crippen molar-refractivity contribution in [1.82, 2.24) is 10.6 Å². The third kappa shape index (κ3) is 4.45. The maximum absolute atomic E-state index is 10.7. The van der Waals surface area contributed by atoms with Gasteiger partial charge in [0.15, 0.2) is 0 Å². The first-order valence-corrected chi connectivity index (χ1v) is 4.33. The normalized spacial score (nSPS) is 12.9. The molecular weight excluding hydrogens is 180 g/mol. The standard InChI is InChI=1S/C10H16N2O2/c1-8(4-9(2)11-3)10(6-13)5-12-7-14/h4,6-7,11H,5H2,1-3H3,(H,12,14)/b9-4-,10-8-. The highest BCUT2D eigenvalue weighted by Gasteiger charge is 1.98. The molecule has 2 N–H and O–H groups in total. The summed E-state index contributed by atoms with van der Waals surface area (Å²) in [6.45, 7) is 4.00. The van der Waals surface area contributed by atoms with Crippen LogP contribution in [0.1, 0.15) is 13.8 Å². The molecule has 0 rings (SSSR count). The van der Waals surface area contributed by atoms with Crippen molar-refractivity contribution in [2.24, 2.45) is 0 Å². The van der Waals surface area contributed by atoms with Crippen LogP contribution in [-0.2, 0) is 9.59 Å². The van der Waals surface area contributed by atoms with Gasteiger partial charge < -0.3 is 10.6 Å². The number of rotatable bonds is 6. The number of aldehydes is 1. The smallest absolute Gasteiger partial charge is 0.207 e. The van der Waals surface area contributed by atoms with Crippen LogP contribution in [-0.4, -0.2) is 26.3 Å². The van der Waals surface area contributed by atoms with Crippen molar-refractivity contribution in [3.63, 3.8) is 0 Å². The minimum Gasteiger partial charge on any atom is -0.392 e. The van der Waals surface area contributed by atoms with E-state index in [0.29, 0.717) is 12.0 Å². The van der Waals surface area contributed by atoms with Crippen molar-refractivity contribution >= 4 is 12.7 Å². The van der Waals surface area contributed by atoms with E-state index < -0.39 is 0 Å². The van der Waals surface area contributed by atoms with E-state index in [0.717, 1.165) is 17.6 Å². The Morgan fingerprint density at radius 3 is 2.36 bits per heavy atom. The minimum absolute atomic E-state index is 0.270. The van der Waals surface area contributed by atoms with Gasteiger partial charge in [-0.05, 0) is 25.5 Å². The summed E-state index contributed by atoms with van der Waals surface area (Å²) in [5.41, 5.74) is 2.39. The van der Waals surface area contributed by atoms with Crippen LogP contribution in [0.25, 0.3) is 0 Å². The zero-order valence-electron chi connectivity index (χ0n) is 8.76. The van der Waals surface area contributed by atoms with Crippen LogP contribution in [0.3, 0.4) is 0 Å². The number of hydrogen-bond donors (Lipinski definition) is 2. The molecular formula is C10H16N2O2. The third-order valence-electron chi connectivity index (χ3n) is 1.85. The molecule has 0 aliphatic heterocycles. The van der Waals surface area contributed by atoms with Crippen LogP contribution in [0.2, 0.25) is 0 Å². The van der Waals surface area contributed by atoms with Gasteiger partial charge in [-0.15, -0.1) is 0 Å². The van der Waals surface area contributed by atoms with Gasteiger partial charge in [-0.3, -0.25) is 9.59 Å². The first-order chi connectivity index (χ1) is 6.65. The lowest BCUT2D eigenvalue weighted by atomic mass is 10.1. The number of carbonyl (C=O) groups excluding carboxylic acids is 2. The quantitative estimate of drug-likeness (QED) is 0.366. The molecule has 1 amide bonds. The molecule has 0 aromatic rings. The molecule has 0 radical (unpaired) electrons. The van der Waals surface area contributed by atoms with Crippen molar-refractivity contribution in [3.05, 3.63) is 22.9 Å². The van der Waals surface area contributed by atoms with Gasteiger partial charge in [0, 0.05) is 24.9 Å². The van der Waals surface area contributed by atoms with E-state index in [9.17, 15) is 9.59 Å². The lowest BCUT2D eigenvalue weighted by Gasteiger charge is -2.04. The van der Waals surface area contributed by atoms with Gasteiger partial charge in [-0.2, -0.15) is 0 Å². The van der Waals surface area contributed by atoms with Gasteiger partial charge in [0.1, 0.15) is 6.29 Å². The Morgan fingerprint density at radius 1 is 1.29 bits per heavy atom. The summed E-state index contributed by atoms with van der Waals surface area (Å²) in [5, 5.41) is 5.40. The zero-order chi connectivity index (χ0) is 11.0. The van der Waals surface area contributed by atoms with Crippen LogP contribution in [0.15, 0.2) is 22.9 Å². The van der Waals surface area contributed by atoms with Crippen LogP contribution >= 0.6 is 0 Å². The van der Waals surface area contributed by atoms with Crippen LogP contribution < -0.4 is 10.6 Å². The molecule has 0 fully saturated rings. The Balaban J connectivity index is 4.64. The fraction of sp³-hybridized carbons (Fsp3) is 0.400. The number of hydrogen-bond acceptors (Lipinski definition) is 3. The molecule has 4 heteroatoms. The van der Waals surface area contributed by atoms with E-state index in [1.807, 2.05) is 27.0 Å². The van der Waals surface area contributed by atoms with Crippen LogP contribution in [0.5, 0.6) is 0 Å². The van der Waals surface area contributed by atoms with Crippen molar-refractivity contribution < 1.29 is 9.59 Å². The Morgan fingerprint density at radius 2 is 1.93 bits per heavy atom. The van der Waals surface area contributed by atoms with E-state index >= 15 is 0 Å². The highest BCUT2D eigenvalue weighted by molar-refractivity contribution is 5.76. The highest BCUT2D eigenvalue weighted by atomic mass is 16.1. The molecule has 0 saturated carbocycles. The van der Waals surface area contributed by atoms with E-state index in [4.69, 9.17) is 0 Å². The fourth-order valence-electron chi connectivity index (χ4n) is 0.915. The maximum Gasteiger partial charge on any atom is 0.207 e. The molecule has 14 heavy (non-hydrogen) atoms. The molecule has 0 aromatic heterocycles. The lowest BCUT2D eigenvalue weighted by Crippen LogP contribution is -2.16. The number of allylic oxidation sites excluding steroid dienone is 3. The average molecular weight is 196 g/mol. The van der Waals surface area contributed by atoms with Crippen molar-refractivity contribution in [2.45, 2.75) is 13.8 Å². The Bertz CT molecular complexity index is 267. The second kappa shape index (κ2) is 6.88. The summed E-state index contributed by atoms with van der Waals surface area (Å²) in [6, 6.07) is 0. The summed E-state index contributed by atoms with van der Waals surface area (Å²) < 4.78 is 0. The lowest BCUT2D eigenvalue weighted by molar-refractivity contribution is -0.109. The second-order valence-electron chi connectivity index (χ2n) is 2.90. The third-order valence-corrected chi connectivity index (χ3v) is 1.85. The van der Waals surface area contributed by atoms with Crippen LogP contribution in [0, 0.1) is 0 Å². The number of amides is 1. The topological polar surface area (TPSA) is 58.2 Å². The molecule has 0 aromatic carbocycles. The molecule has 0 aliphatic rings. The molecule has 0 bridgehead atoms. The largest absolute Gasteiger partial charge is 0.392 e. The molecule has 0 heterocycles. The Hall–Kier alpha value is -1.58. The second-order valence-corrected chi connectivity index (χ2v) is 2.90. The summed E-state index contributed by atoms with van der Waals surface area (Å²) in [4.78, 5) is 20.7. The highest BCUT2D eigenvalue weighted by Crippen LogP contribution is 2.04. The Labute approximate surface area is 84.1 Å². The summed E-state index contributed by atoms with van der Waals surface area (Å²) in [6.07, 6.45) is 3.19. The van der Waals surface area contributed by atoms with Crippen LogP contribution in [0.4, 0.5) is 0 Å². The van der Waals surface area contributed by atoms with Gasteiger partial charge >= 0.3 is 0 Å². The summed E-state index contributed by atoms with van der Waals surface area (Å²) in [7, 11) is 1.81. The molecule has 4 nitrogen and oxygen atoms in total. The summed E-state index contributed by atoms with van der Waals surface area (Å²) in [5.74, 6) is 0. The van der Waals surface area contributed by atoms with Gasteiger partial charge in [0.2, 0.25) is 6.41 Å². The van der Waals surface area contributed by atoms with Gasteiger partial charge in [-0.25, -0.2) is 0 Å². The van der Waals surface area contributed by atoms with Gasteiger partial charge in [-0.1, -0.05) is 0 Å². The van der Waals surface area contributed by atoms with E-state index in [1.54, 1.807) is 0 Å². The number of carbonyl (C=O) groups is 2. The predicted molar refractivity (Wildman–Crippen MR) is 55.6 cm³/mol. The van der Waals surface area contributed by atoms with Crippen molar-refractivity contribution in [3.8, 4) is 0 Å². The first-order valence-electron chi connectivity index (χ1n) is 4.33. The monoisotopic (exact) mass is 196 g/mol. The van der Waals surface area contributed by atoms with E-state index in [-0.39, 0.29) is 6.54 Å². The molecule has 0 saturated heterocycles. The molecule has 0 unspecified atom stereocenters. The van der Waals surface area contributed by atoms with Gasteiger partial charge in [0.05, 0.1) is 0 Å². The fourth-order valence-corrected chi connectivity index (χ4v) is 0.915. The zero-order valence-corrected chi connectivity index (χ0v) is 8.76. The predicted octanol–water partition coefficient (Wildman–Crippen LogP) is 0.371. The average Bonchev–Trinajstić information content (AvgIpc) is 2.18. The maximum atomic E-state index is 10.7. The molecule has 78 valence electrons. The first kappa shape index (κ1) is 12.4. The molecule has 0 spiro atoms.